The highest BCUT2D eigenvalue weighted by Crippen LogP contribution is 2.33. The van der Waals surface area contributed by atoms with Crippen LogP contribution >= 0.6 is 0 Å². The highest BCUT2D eigenvalue weighted by Gasteiger charge is 2.34. The van der Waals surface area contributed by atoms with Gasteiger partial charge in [0.2, 0.25) is 5.91 Å². The molecule has 1 aliphatic rings. The molecule has 140 valence electrons. The molecule has 1 aromatic heterocycles. The zero-order valence-corrected chi connectivity index (χ0v) is 15.6. The molecule has 5 heteroatoms. The summed E-state index contributed by atoms with van der Waals surface area (Å²) in [5.74, 6) is 0.697. The fourth-order valence-electron chi connectivity index (χ4n) is 3.93. The van der Waals surface area contributed by atoms with Gasteiger partial charge >= 0.3 is 0 Å². The second kappa shape index (κ2) is 7.51. The highest BCUT2D eigenvalue weighted by atomic mass is 19.1. The second-order valence-corrected chi connectivity index (χ2v) is 7.20. The molecule has 2 aromatic carbocycles. The van der Waals surface area contributed by atoms with E-state index in [1.807, 2.05) is 18.2 Å². The van der Waals surface area contributed by atoms with Crippen LogP contribution in [0.3, 0.4) is 0 Å². The van der Waals surface area contributed by atoms with Crippen LogP contribution in [0.5, 0.6) is 0 Å². The lowest BCUT2D eigenvalue weighted by molar-refractivity contribution is -0.117. The van der Waals surface area contributed by atoms with E-state index >= 15 is 0 Å². The van der Waals surface area contributed by atoms with Crippen molar-refractivity contribution in [2.24, 2.45) is 0 Å². The van der Waals surface area contributed by atoms with Gasteiger partial charge in [0.1, 0.15) is 11.6 Å². The Bertz CT molecular complexity index is 965. The molecule has 0 spiro atoms. The number of para-hydroxylation sites is 2. The Balaban J connectivity index is 1.66. The molecule has 2 heterocycles. The zero-order chi connectivity index (χ0) is 18.8. The lowest BCUT2D eigenvalue weighted by atomic mass is 10.1. The van der Waals surface area contributed by atoms with Gasteiger partial charge in [-0.25, -0.2) is 9.37 Å². The van der Waals surface area contributed by atoms with E-state index < -0.39 is 0 Å². The molecule has 4 rings (SSSR count). The number of carbonyl (C=O) groups excluding carboxylic acids is 1. The van der Waals surface area contributed by atoms with Crippen LogP contribution in [0, 0.1) is 5.82 Å². The Morgan fingerprint density at radius 3 is 2.81 bits per heavy atom. The maximum Gasteiger partial charge on any atom is 0.227 e. The number of amides is 1. The summed E-state index contributed by atoms with van der Waals surface area (Å²) < 4.78 is 15.9. The maximum absolute atomic E-state index is 13.6. The summed E-state index contributed by atoms with van der Waals surface area (Å²) in [7, 11) is 0. The number of halogens is 1. The smallest absolute Gasteiger partial charge is 0.227 e. The number of hydrogen-bond donors (Lipinski definition) is 0. The SMILES string of the molecule is CCCCCn1c(C2CC(=O)N(c3cccc(F)c3)C2)nc2ccccc21. The molecule has 1 amide bonds. The lowest BCUT2D eigenvalue weighted by Crippen LogP contribution is -2.24. The average Bonchev–Trinajstić information content (AvgIpc) is 3.23. The van der Waals surface area contributed by atoms with Crippen LogP contribution in [0.4, 0.5) is 10.1 Å². The Morgan fingerprint density at radius 1 is 1.15 bits per heavy atom. The number of hydrogen-bond acceptors (Lipinski definition) is 2. The van der Waals surface area contributed by atoms with Crippen molar-refractivity contribution in [1.29, 1.82) is 0 Å². The zero-order valence-electron chi connectivity index (χ0n) is 15.6. The minimum Gasteiger partial charge on any atom is -0.328 e. The fourth-order valence-corrected chi connectivity index (χ4v) is 3.93. The summed E-state index contributed by atoms with van der Waals surface area (Å²) in [4.78, 5) is 19.2. The minimum atomic E-state index is -0.324. The summed E-state index contributed by atoms with van der Waals surface area (Å²) in [6.45, 7) is 3.65. The van der Waals surface area contributed by atoms with E-state index in [1.165, 1.54) is 18.6 Å². The van der Waals surface area contributed by atoms with Crippen LogP contribution in [0.25, 0.3) is 11.0 Å². The molecule has 3 aromatic rings. The topological polar surface area (TPSA) is 38.1 Å². The highest BCUT2D eigenvalue weighted by molar-refractivity contribution is 5.96. The number of fused-ring (bicyclic) bond motifs is 1. The molecule has 0 aliphatic carbocycles. The number of unbranched alkanes of at least 4 members (excludes halogenated alkanes) is 2. The van der Waals surface area contributed by atoms with Crippen LogP contribution < -0.4 is 4.90 Å². The van der Waals surface area contributed by atoms with Crippen molar-refractivity contribution in [2.75, 3.05) is 11.4 Å². The number of nitrogens with zero attached hydrogens (tertiary/aromatic N) is 3. The van der Waals surface area contributed by atoms with Crippen LogP contribution in [0.1, 0.15) is 44.3 Å². The van der Waals surface area contributed by atoms with Crippen LogP contribution in [-0.2, 0) is 11.3 Å². The first-order chi connectivity index (χ1) is 13.2. The first-order valence-corrected chi connectivity index (χ1v) is 9.68. The van der Waals surface area contributed by atoms with Gasteiger partial charge in [-0.1, -0.05) is 38.0 Å². The van der Waals surface area contributed by atoms with Gasteiger partial charge in [-0.15, -0.1) is 0 Å². The lowest BCUT2D eigenvalue weighted by Gasteiger charge is -2.17. The third-order valence-corrected chi connectivity index (χ3v) is 5.28. The van der Waals surface area contributed by atoms with E-state index in [2.05, 4.69) is 17.6 Å². The Morgan fingerprint density at radius 2 is 2.00 bits per heavy atom. The van der Waals surface area contributed by atoms with Crippen molar-refractivity contribution in [2.45, 2.75) is 45.1 Å². The number of carbonyl (C=O) groups is 1. The maximum atomic E-state index is 13.6. The van der Waals surface area contributed by atoms with Crippen molar-refractivity contribution in [3.63, 3.8) is 0 Å². The molecule has 0 radical (unpaired) electrons. The first-order valence-electron chi connectivity index (χ1n) is 9.68. The second-order valence-electron chi connectivity index (χ2n) is 7.20. The van der Waals surface area contributed by atoms with Gasteiger partial charge in [-0.05, 0) is 36.8 Å². The van der Waals surface area contributed by atoms with Crippen LogP contribution in [0.15, 0.2) is 48.5 Å². The number of benzene rings is 2. The summed E-state index contributed by atoms with van der Waals surface area (Å²) in [5, 5.41) is 0. The standard InChI is InChI=1S/C22H24FN3O/c1-2-3-6-12-25-20-11-5-4-10-19(20)24-22(25)16-13-21(27)26(15-16)18-9-7-8-17(23)14-18/h4-5,7-11,14,16H,2-3,6,12-13,15H2,1H3. The van der Waals surface area contributed by atoms with Crippen molar-refractivity contribution < 1.29 is 9.18 Å². The molecule has 4 nitrogen and oxygen atoms in total. The van der Waals surface area contributed by atoms with E-state index in [-0.39, 0.29) is 17.6 Å². The quantitative estimate of drug-likeness (QED) is 0.584. The summed E-state index contributed by atoms with van der Waals surface area (Å²) in [6, 6.07) is 14.4. The Labute approximate surface area is 158 Å². The van der Waals surface area contributed by atoms with Gasteiger partial charge in [-0.3, -0.25) is 4.79 Å². The van der Waals surface area contributed by atoms with Gasteiger partial charge in [-0.2, -0.15) is 0 Å². The summed E-state index contributed by atoms with van der Waals surface area (Å²) >= 11 is 0. The number of aromatic nitrogens is 2. The molecular formula is C22H24FN3O. The van der Waals surface area contributed by atoms with E-state index in [0.29, 0.717) is 18.7 Å². The van der Waals surface area contributed by atoms with Crippen molar-refractivity contribution in [3.05, 3.63) is 60.2 Å². The number of anilines is 1. The van der Waals surface area contributed by atoms with Gasteiger partial charge in [0.05, 0.1) is 11.0 Å². The van der Waals surface area contributed by atoms with Crippen molar-refractivity contribution >= 4 is 22.6 Å². The van der Waals surface area contributed by atoms with Gasteiger partial charge < -0.3 is 9.47 Å². The van der Waals surface area contributed by atoms with E-state index in [0.717, 1.165) is 36.2 Å². The average molecular weight is 365 g/mol. The fraction of sp³-hybridized carbons (Fsp3) is 0.364. The largest absolute Gasteiger partial charge is 0.328 e. The van der Waals surface area contributed by atoms with Crippen LogP contribution in [0.2, 0.25) is 0 Å². The molecule has 0 N–H and O–H groups in total. The number of rotatable bonds is 6. The normalized spacial score (nSPS) is 17.2. The van der Waals surface area contributed by atoms with Gasteiger partial charge in [0.25, 0.3) is 0 Å². The first kappa shape index (κ1) is 17.7. The molecule has 0 bridgehead atoms. The molecule has 1 fully saturated rings. The Kier molecular flexibility index (Phi) is 4.92. The van der Waals surface area contributed by atoms with Gasteiger partial charge in [0, 0.05) is 31.1 Å². The molecule has 0 saturated carbocycles. The third kappa shape index (κ3) is 3.46. The molecule has 27 heavy (non-hydrogen) atoms. The summed E-state index contributed by atoms with van der Waals surface area (Å²) in [5.41, 5.74) is 2.72. The molecule has 1 unspecified atom stereocenters. The molecule has 1 aliphatic heterocycles. The third-order valence-electron chi connectivity index (χ3n) is 5.28. The van der Waals surface area contributed by atoms with E-state index in [4.69, 9.17) is 4.98 Å². The van der Waals surface area contributed by atoms with Gasteiger partial charge in [0.15, 0.2) is 0 Å². The summed E-state index contributed by atoms with van der Waals surface area (Å²) in [6.07, 6.45) is 3.84. The monoisotopic (exact) mass is 365 g/mol. The minimum absolute atomic E-state index is 0.0230. The van der Waals surface area contributed by atoms with Crippen LogP contribution in [-0.4, -0.2) is 22.0 Å². The number of imidazole rings is 1. The predicted octanol–water partition coefficient (Wildman–Crippen LogP) is 4.89. The van der Waals surface area contributed by atoms with E-state index in [9.17, 15) is 9.18 Å². The van der Waals surface area contributed by atoms with E-state index in [1.54, 1.807) is 17.0 Å². The number of aryl methyl sites for hydroxylation is 1. The molecular weight excluding hydrogens is 341 g/mol. The van der Waals surface area contributed by atoms with Crippen molar-refractivity contribution in [1.82, 2.24) is 9.55 Å². The van der Waals surface area contributed by atoms with Crippen molar-refractivity contribution in [3.8, 4) is 0 Å². The predicted molar refractivity (Wildman–Crippen MR) is 105 cm³/mol. The molecule has 1 saturated heterocycles. The molecule has 1 atom stereocenters. The Hall–Kier alpha value is -2.69.